The van der Waals surface area contributed by atoms with Gasteiger partial charge >= 0.3 is 0 Å². The smallest absolute Gasteiger partial charge is 0.122 e. The van der Waals surface area contributed by atoms with Gasteiger partial charge in [0.1, 0.15) is 5.75 Å². The van der Waals surface area contributed by atoms with Crippen LogP contribution in [0.2, 0.25) is 0 Å². The molecule has 0 spiro atoms. The number of hydrogen-bond acceptors (Lipinski definition) is 4. The van der Waals surface area contributed by atoms with Crippen molar-refractivity contribution in [1.82, 2.24) is 15.2 Å². The highest BCUT2D eigenvalue weighted by Crippen LogP contribution is 2.17. The number of aryl methyl sites for hydroxylation is 1. The second-order valence-corrected chi connectivity index (χ2v) is 5.66. The summed E-state index contributed by atoms with van der Waals surface area (Å²) in [7, 11) is 1.71. The molecule has 4 heteroatoms. The third kappa shape index (κ3) is 4.46. The first-order valence-electron chi connectivity index (χ1n) is 7.66. The number of piperidine rings is 1. The van der Waals surface area contributed by atoms with Gasteiger partial charge in [-0.2, -0.15) is 0 Å². The molecule has 1 aliphatic heterocycles. The predicted molar refractivity (Wildman–Crippen MR) is 82.1 cm³/mol. The molecule has 1 N–H and O–H groups in total. The zero-order chi connectivity index (χ0) is 14.4. The fraction of sp³-hybridized carbons (Fsp3) is 0.688. The van der Waals surface area contributed by atoms with Gasteiger partial charge in [-0.3, -0.25) is 9.88 Å². The van der Waals surface area contributed by atoms with E-state index in [1.54, 1.807) is 7.11 Å². The van der Waals surface area contributed by atoms with Crippen LogP contribution in [0, 0.1) is 12.8 Å². The standard InChI is InChI=1S/C16H27N3O/c1-4-19(11-14-5-7-17-8-6-14)12-15-10-16(20-3)9-13(2)18-15/h9-10,14,17H,4-8,11-12H2,1-3H3. The Balaban J connectivity index is 1.96. The fourth-order valence-corrected chi connectivity index (χ4v) is 2.87. The summed E-state index contributed by atoms with van der Waals surface area (Å²) in [6, 6.07) is 4.03. The van der Waals surface area contributed by atoms with Crippen LogP contribution in [-0.2, 0) is 6.54 Å². The number of hydrogen-bond donors (Lipinski definition) is 1. The fourth-order valence-electron chi connectivity index (χ4n) is 2.87. The van der Waals surface area contributed by atoms with E-state index < -0.39 is 0 Å². The van der Waals surface area contributed by atoms with Crippen molar-refractivity contribution in [3.63, 3.8) is 0 Å². The molecule has 20 heavy (non-hydrogen) atoms. The average molecular weight is 277 g/mol. The molecule has 4 nitrogen and oxygen atoms in total. The highest BCUT2D eigenvalue weighted by molar-refractivity contribution is 5.26. The zero-order valence-electron chi connectivity index (χ0n) is 13.0. The summed E-state index contributed by atoms with van der Waals surface area (Å²) in [5, 5.41) is 3.43. The Morgan fingerprint density at radius 3 is 2.75 bits per heavy atom. The van der Waals surface area contributed by atoms with E-state index in [9.17, 15) is 0 Å². The molecule has 0 aliphatic carbocycles. The van der Waals surface area contributed by atoms with Crippen molar-refractivity contribution >= 4 is 0 Å². The molecule has 1 saturated heterocycles. The molecule has 1 fully saturated rings. The van der Waals surface area contributed by atoms with Crippen molar-refractivity contribution in [3.8, 4) is 5.75 Å². The van der Waals surface area contributed by atoms with Crippen LogP contribution in [0.5, 0.6) is 5.75 Å². The number of ether oxygens (including phenoxy) is 1. The number of nitrogens with zero attached hydrogens (tertiary/aromatic N) is 2. The summed E-state index contributed by atoms with van der Waals surface area (Å²) in [6.07, 6.45) is 2.59. The molecule has 2 rings (SSSR count). The Morgan fingerprint density at radius 2 is 2.10 bits per heavy atom. The predicted octanol–water partition coefficient (Wildman–Crippen LogP) is 2.22. The van der Waals surface area contributed by atoms with Crippen LogP contribution in [0.1, 0.15) is 31.2 Å². The summed E-state index contributed by atoms with van der Waals surface area (Å²) < 4.78 is 5.33. The van der Waals surface area contributed by atoms with Crippen LogP contribution in [0.15, 0.2) is 12.1 Å². The molecule has 1 aromatic rings. The van der Waals surface area contributed by atoms with E-state index in [1.807, 2.05) is 13.0 Å². The monoisotopic (exact) mass is 277 g/mol. The van der Waals surface area contributed by atoms with Crippen molar-refractivity contribution in [1.29, 1.82) is 0 Å². The molecule has 1 aliphatic rings. The van der Waals surface area contributed by atoms with Crippen molar-refractivity contribution < 1.29 is 4.74 Å². The minimum absolute atomic E-state index is 0.822. The van der Waals surface area contributed by atoms with Crippen molar-refractivity contribution in [3.05, 3.63) is 23.5 Å². The Bertz CT molecular complexity index is 416. The molecule has 0 amide bonds. The lowest BCUT2D eigenvalue weighted by Gasteiger charge is -2.29. The van der Waals surface area contributed by atoms with Crippen molar-refractivity contribution in [2.75, 3.05) is 33.3 Å². The maximum atomic E-state index is 5.33. The first-order chi connectivity index (χ1) is 9.71. The van der Waals surface area contributed by atoms with Gasteiger partial charge in [-0.25, -0.2) is 0 Å². The second kappa shape index (κ2) is 7.60. The number of pyridine rings is 1. The van der Waals surface area contributed by atoms with E-state index in [1.165, 1.54) is 32.5 Å². The molecule has 2 heterocycles. The molecule has 1 aromatic heterocycles. The second-order valence-electron chi connectivity index (χ2n) is 5.66. The highest BCUT2D eigenvalue weighted by Gasteiger charge is 2.16. The van der Waals surface area contributed by atoms with Gasteiger partial charge < -0.3 is 10.1 Å². The lowest BCUT2D eigenvalue weighted by molar-refractivity contribution is 0.205. The van der Waals surface area contributed by atoms with Gasteiger partial charge in [-0.1, -0.05) is 6.92 Å². The van der Waals surface area contributed by atoms with Crippen LogP contribution in [0.4, 0.5) is 0 Å². The van der Waals surface area contributed by atoms with Gasteiger partial charge in [0.2, 0.25) is 0 Å². The normalized spacial score (nSPS) is 16.6. The van der Waals surface area contributed by atoms with E-state index in [2.05, 4.69) is 28.2 Å². The van der Waals surface area contributed by atoms with Crippen LogP contribution < -0.4 is 10.1 Å². The summed E-state index contributed by atoms with van der Waals surface area (Å²) >= 11 is 0. The molecule has 0 unspecified atom stereocenters. The maximum Gasteiger partial charge on any atom is 0.122 e. The van der Waals surface area contributed by atoms with E-state index in [0.717, 1.165) is 36.1 Å². The Labute approximate surface area is 122 Å². The van der Waals surface area contributed by atoms with Crippen LogP contribution in [-0.4, -0.2) is 43.2 Å². The average Bonchev–Trinajstić information content (AvgIpc) is 2.47. The highest BCUT2D eigenvalue weighted by atomic mass is 16.5. The van der Waals surface area contributed by atoms with Gasteiger partial charge in [0.15, 0.2) is 0 Å². The minimum atomic E-state index is 0.822. The Kier molecular flexibility index (Phi) is 5.80. The number of aromatic nitrogens is 1. The SMILES string of the molecule is CCN(Cc1cc(OC)cc(C)n1)CC1CCNCC1. The van der Waals surface area contributed by atoms with Gasteiger partial charge in [0.25, 0.3) is 0 Å². The number of nitrogens with one attached hydrogen (secondary N) is 1. The van der Waals surface area contributed by atoms with Gasteiger partial charge in [0.05, 0.1) is 12.8 Å². The van der Waals surface area contributed by atoms with Crippen LogP contribution in [0.3, 0.4) is 0 Å². The summed E-state index contributed by atoms with van der Waals surface area (Å²) in [5.74, 6) is 1.73. The minimum Gasteiger partial charge on any atom is -0.497 e. The van der Waals surface area contributed by atoms with E-state index >= 15 is 0 Å². The van der Waals surface area contributed by atoms with Crippen molar-refractivity contribution in [2.45, 2.75) is 33.2 Å². The molecular formula is C16H27N3O. The van der Waals surface area contributed by atoms with Gasteiger partial charge in [-0.05, 0) is 45.3 Å². The zero-order valence-corrected chi connectivity index (χ0v) is 13.0. The lowest BCUT2D eigenvalue weighted by atomic mass is 9.97. The van der Waals surface area contributed by atoms with E-state index in [0.29, 0.717) is 0 Å². The van der Waals surface area contributed by atoms with Gasteiger partial charge in [0, 0.05) is 30.9 Å². The molecule has 0 saturated carbocycles. The van der Waals surface area contributed by atoms with E-state index in [-0.39, 0.29) is 0 Å². The van der Waals surface area contributed by atoms with Crippen molar-refractivity contribution in [2.24, 2.45) is 5.92 Å². The third-order valence-corrected chi connectivity index (χ3v) is 4.02. The van der Waals surface area contributed by atoms with E-state index in [4.69, 9.17) is 4.74 Å². The lowest BCUT2D eigenvalue weighted by Crippen LogP contribution is -2.36. The third-order valence-electron chi connectivity index (χ3n) is 4.02. The molecule has 0 aromatic carbocycles. The molecule has 0 atom stereocenters. The quantitative estimate of drug-likeness (QED) is 0.865. The van der Waals surface area contributed by atoms with Crippen LogP contribution >= 0.6 is 0 Å². The first-order valence-corrected chi connectivity index (χ1v) is 7.66. The summed E-state index contributed by atoms with van der Waals surface area (Å²) in [4.78, 5) is 7.13. The molecule has 0 bridgehead atoms. The molecule has 0 radical (unpaired) electrons. The Morgan fingerprint density at radius 1 is 1.35 bits per heavy atom. The van der Waals surface area contributed by atoms with Gasteiger partial charge in [-0.15, -0.1) is 0 Å². The maximum absolute atomic E-state index is 5.33. The molecule has 112 valence electrons. The Hall–Kier alpha value is -1.13. The number of rotatable bonds is 6. The topological polar surface area (TPSA) is 37.4 Å². The van der Waals surface area contributed by atoms with Crippen LogP contribution in [0.25, 0.3) is 0 Å². The first kappa shape index (κ1) is 15.3. The largest absolute Gasteiger partial charge is 0.497 e. The molecular weight excluding hydrogens is 250 g/mol. The number of methoxy groups -OCH3 is 1. The summed E-state index contributed by atoms with van der Waals surface area (Å²) in [5.41, 5.74) is 2.13. The summed E-state index contributed by atoms with van der Waals surface area (Å²) in [6.45, 7) is 9.75.